The molecule has 0 amide bonds. The van der Waals surface area contributed by atoms with E-state index in [1.54, 1.807) is 0 Å². The van der Waals surface area contributed by atoms with Crippen LogP contribution in [0.5, 0.6) is 0 Å². The van der Waals surface area contributed by atoms with Crippen molar-refractivity contribution in [2.45, 2.75) is 6.04 Å². The molecule has 0 aromatic rings. The predicted octanol–water partition coefficient (Wildman–Crippen LogP) is 2.14. The van der Waals surface area contributed by atoms with Gasteiger partial charge < -0.3 is 0 Å². The van der Waals surface area contributed by atoms with Gasteiger partial charge in [-0.15, -0.1) is 23.2 Å². The topological polar surface area (TPSA) is 48.8 Å². The largest absolute Gasteiger partial charge is 0.126 e. The molecule has 0 aliphatic carbocycles. The van der Waals surface area contributed by atoms with E-state index in [0.717, 1.165) is 0 Å². The number of azide groups is 1. The van der Waals surface area contributed by atoms with Crippen molar-refractivity contribution in [1.82, 2.24) is 0 Å². The maximum atomic E-state index is 7.84. The molecule has 0 N–H and O–H groups in total. The maximum Gasteiger partial charge on any atom is 0.0644 e. The van der Waals surface area contributed by atoms with E-state index < -0.39 is 0 Å². The number of rotatable bonds is 3. The lowest BCUT2D eigenvalue weighted by atomic mass is 10.4. The van der Waals surface area contributed by atoms with E-state index in [1.165, 1.54) is 0 Å². The number of alkyl halides is 2. The summed E-state index contributed by atoms with van der Waals surface area (Å²) in [7, 11) is 0. The number of hydrogen-bond donors (Lipinski definition) is 0. The molecule has 0 heterocycles. The van der Waals surface area contributed by atoms with E-state index >= 15 is 0 Å². The Bertz CT molecular complexity index is 94.7. The van der Waals surface area contributed by atoms with Crippen molar-refractivity contribution < 1.29 is 0 Å². The van der Waals surface area contributed by atoms with Crippen LogP contribution in [0, 0.1) is 0 Å². The minimum Gasteiger partial charge on any atom is -0.126 e. The molecular formula is C3H5Cl2N3. The lowest BCUT2D eigenvalue weighted by Gasteiger charge is -1.96. The van der Waals surface area contributed by atoms with E-state index in [9.17, 15) is 0 Å². The molecule has 0 saturated heterocycles. The predicted molar refractivity (Wildman–Crippen MR) is 34.4 cm³/mol. The monoisotopic (exact) mass is 153 g/mol. The van der Waals surface area contributed by atoms with Crippen LogP contribution in [0.25, 0.3) is 10.4 Å². The average molecular weight is 154 g/mol. The van der Waals surface area contributed by atoms with Crippen molar-refractivity contribution in [2.24, 2.45) is 5.11 Å². The molecule has 5 heteroatoms. The Morgan fingerprint density at radius 3 is 2.12 bits per heavy atom. The summed E-state index contributed by atoms with van der Waals surface area (Å²) in [5.41, 5.74) is 7.84. The molecule has 0 radical (unpaired) electrons. The molecule has 0 aliphatic rings. The molecule has 46 valence electrons. The van der Waals surface area contributed by atoms with Gasteiger partial charge in [0.2, 0.25) is 0 Å². The van der Waals surface area contributed by atoms with Gasteiger partial charge in [-0.05, 0) is 5.53 Å². The van der Waals surface area contributed by atoms with Crippen molar-refractivity contribution in [3.8, 4) is 0 Å². The average Bonchev–Trinajstić information content (AvgIpc) is 1.83. The highest BCUT2D eigenvalue weighted by atomic mass is 35.5. The fraction of sp³-hybridized carbons (Fsp3) is 1.00. The van der Waals surface area contributed by atoms with Crippen molar-refractivity contribution >= 4 is 23.2 Å². The Labute approximate surface area is 57.2 Å². The van der Waals surface area contributed by atoms with Gasteiger partial charge >= 0.3 is 0 Å². The molecule has 0 aromatic carbocycles. The van der Waals surface area contributed by atoms with E-state index in [1.807, 2.05) is 0 Å². The lowest BCUT2D eigenvalue weighted by molar-refractivity contribution is 0.839. The Kier molecular flexibility index (Phi) is 4.97. The van der Waals surface area contributed by atoms with Crippen molar-refractivity contribution in [2.75, 3.05) is 11.8 Å². The first kappa shape index (κ1) is 7.89. The van der Waals surface area contributed by atoms with Gasteiger partial charge in [0.1, 0.15) is 0 Å². The fourth-order valence-corrected chi connectivity index (χ4v) is 0.629. The summed E-state index contributed by atoms with van der Waals surface area (Å²) in [6, 6.07) is -0.261. The Balaban J connectivity index is 3.52. The molecule has 8 heavy (non-hydrogen) atoms. The van der Waals surface area contributed by atoms with Gasteiger partial charge in [-0.3, -0.25) is 0 Å². The van der Waals surface area contributed by atoms with Gasteiger partial charge in [0, 0.05) is 16.7 Å². The minimum atomic E-state index is -0.261. The maximum absolute atomic E-state index is 7.84. The summed E-state index contributed by atoms with van der Waals surface area (Å²) >= 11 is 10.6. The van der Waals surface area contributed by atoms with E-state index in [2.05, 4.69) is 10.0 Å². The number of hydrogen-bond acceptors (Lipinski definition) is 1. The third-order valence-electron chi connectivity index (χ3n) is 0.571. The first-order valence-corrected chi connectivity index (χ1v) is 3.08. The molecule has 0 saturated carbocycles. The van der Waals surface area contributed by atoms with Crippen molar-refractivity contribution in [1.29, 1.82) is 0 Å². The molecule has 0 aliphatic heterocycles. The van der Waals surface area contributed by atoms with Gasteiger partial charge in [-0.2, -0.15) is 0 Å². The van der Waals surface area contributed by atoms with Crippen LogP contribution >= 0.6 is 23.2 Å². The zero-order valence-electron chi connectivity index (χ0n) is 4.09. The van der Waals surface area contributed by atoms with Crippen LogP contribution in [0.15, 0.2) is 5.11 Å². The van der Waals surface area contributed by atoms with Crippen LogP contribution in [0.3, 0.4) is 0 Å². The van der Waals surface area contributed by atoms with Crippen LogP contribution in [-0.4, -0.2) is 17.8 Å². The minimum absolute atomic E-state index is 0.261. The molecule has 3 nitrogen and oxygen atoms in total. The second kappa shape index (κ2) is 5.04. The van der Waals surface area contributed by atoms with Crippen LogP contribution < -0.4 is 0 Å². The first-order valence-electron chi connectivity index (χ1n) is 2.01. The van der Waals surface area contributed by atoms with Crippen LogP contribution in [-0.2, 0) is 0 Å². The SMILES string of the molecule is [N-]=[N+]=NC(CCl)CCl. The van der Waals surface area contributed by atoms with Gasteiger partial charge in [0.15, 0.2) is 0 Å². The number of halogens is 2. The van der Waals surface area contributed by atoms with Crippen molar-refractivity contribution in [3.05, 3.63) is 10.4 Å². The Hall–Kier alpha value is -0.110. The highest BCUT2D eigenvalue weighted by molar-refractivity contribution is 6.21. The molecule has 0 aromatic heterocycles. The quantitative estimate of drug-likeness (QED) is 0.259. The third-order valence-corrected chi connectivity index (χ3v) is 1.28. The van der Waals surface area contributed by atoms with Gasteiger partial charge in [-0.1, -0.05) is 5.11 Å². The molecule has 0 fully saturated rings. The second-order valence-electron chi connectivity index (χ2n) is 1.17. The van der Waals surface area contributed by atoms with Crippen LogP contribution in [0.1, 0.15) is 0 Å². The van der Waals surface area contributed by atoms with Gasteiger partial charge in [-0.25, -0.2) is 0 Å². The van der Waals surface area contributed by atoms with Gasteiger partial charge in [0.25, 0.3) is 0 Å². The summed E-state index contributed by atoms with van der Waals surface area (Å²) in [6.45, 7) is 0. The zero-order chi connectivity index (χ0) is 6.41. The summed E-state index contributed by atoms with van der Waals surface area (Å²) in [5.74, 6) is 0.571. The summed E-state index contributed by atoms with van der Waals surface area (Å²) in [4.78, 5) is 2.53. The highest BCUT2D eigenvalue weighted by Gasteiger charge is 1.98. The third kappa shape index (κ3) is 2.97. The van der Waals surface area contributed by atoms with Crippen LogP contribution in [0.4, 0.5) is 0 Å². The molecule has 0 bridgehead atoms. The highest BCUT2D eigenvalue weighted by Crippen LogP contribution is 1.96. The molecule has 0 spiro atoms. The Morgan fingerprint density at radius 2 is 2.00 bits per heavy atom. The molecule has 0 rings (SSSR count). The normalized spacial score (nSPS) is 8.88. The Morgan fingerprint density at radius 1 is 1.50 bits per heavy atom. The van der Waals surface area contributed by atoms with E-state index in [4.69, 9.17) is 28.7 Å². The number of nitrogens with zero attached hydrogens (tertiary/aromatic N) is 3. The first-order chi connectivity index (χ1) is 3.85. The smallest absolute Gasteiger partial charge is 0.0644 e. The summed E-state index contributed by atoms with van der Waals surface area (Å²) in [5, 5.41) is 3.28. The summed E-state index contributed by atoms with van der Waals surface area (Å²) in [6.07, 6.45) is 0. The fourth-order valence-electron chi connectivity index (χ4n) is 0.176. The standard InChI is InChI=1S/C3H5Cl2N3/c4-1-3(2-5)7-8-6/h3H,1-2H2. The van der Waals surface area contributed by atoms with E-state index in [-0.39, 0.29) is 17.8 Å². The zero-order valence-corrected chi connectivity index (χ0v) is 5.60. The molecule has 0 atom stereocenters. The van der Waals surface area contributed by atoms with Crippen LogP contribution in [0.2, 0.25) is 0 Å². The summed E-state index contributed by atoms with van der Waals surface area (Å²) < 4.78 is 0. The van der Waals surface area contributed by atoms with E-state index in [0.29, 0.717) is 0 Å². The molecule has 0 unspecified atom stereocenters. The molecular weight excluding hydrogens is 149 g/mol. The second-order valence-corrected chi connectivity index (χ2v) is 1.78. The van der Waals surface area contributed by atoms with Crippen molar-refractivity contribution in [3.63, 3.8) is 0 Å². The van der Waals surface area contributed by atoms with Gasteiger partial charge in [0.05, 0.1) is 6.04 Å². The lowest BCUT2D eigenvalue weighted by Crippen LogP contribution is -2.05.